The third-order valence-electron chi connectivity index (χ3n) is 2.04. The summed E-state index contributed by atoms with van der Waals surface area (Å²) in [5.74, 6) is -0.191. The second-order valence-electron chi connectivity index (χ2n) is 3.26. The lowest BCUT2D eigenvalue weighted by Crippen LogP contribution is -2.03. The number of fused-ring (bicyclic) bond motifs is 1. The van der Waals surface area contributed by atoms with Gasteiger partial charge in [-0.15, -0.1) is 11.3 Å². The Labute approximate surface area is 92.7 Å². The summed E-state index contributed by atoms with van der Waals surface area (Å²) in [6.45, 7) is 1.36. The molecule has 0 spiro atoms. The number of aromatic nitrogens is 1. The van der Waals surface area contributed by atoms with Gasteiger partial charge in [-0.2, -0.15) is 13.2 Å². The molecule has 0 saturated carbocycles. The number of benzene rings is 1. The molecule has 6 heteroatoms. The average molecular weight is 245 g/mol. The van der Waals surface area contributed by atoms with Crippen molar-refractivity contribution in [2.75, 3.05) is 0 Å². The van der Waals surface area contributed by atoms with Gasteiger partial charge in [0.05, 0.1) is 10.2 Å². The molecule has 84 valence electrons. The first-order chi connectivity index (χ1) is 7.38. The zero-order chi connectivity index (χ0) is 11.9. The van der Waals surface area contributed by atoms with E-state index in [4.69, 9.17) is 0 Å². The van der Waals surface area contributed by atoms with E-state index in [-0.39, 0.29) is 11.3 Å². The molecular formula is C10H6F3NOS. The van der Waals surface area contributed by atoms with E-state index in [0.717, 1.165) is 0 Å². The Kier molecular flexibility index (Phi) is 2.46. The minimum Gasteiger partial charge on any atom is -0.295 e. The largest absolute Gasteiger partial charge is 0.443 e. The van der Waals surface area contributed by atoms with Crippen molar-refractivity contribution < 1.29 is 18.0 Å². The van der Waals surface area contributed by atoms with Gasteiger partial charge in [-0.05, 0) is 25.1 Å². The second kappa shape index (κ2) is 3.55. The van der Waals surface area contributed by atoms with Crippen molar-refractivity contribution in [1.82, 2.24) is 4.98 Å². The Bertz CT molecular complexity index is 559. The summed E-state index contributed by atoms with van der Waals surface area (Å²) in [5.41, 5.74) is 0.580. The molecule has 0 fully saturated rings. The predicted molar refractivity (Wildman–Crippen MR) is 54.6 cm³/mol. The average Bonchev–Trinajstić information content (AvgIpc) is 2.58. The number of ketones is 1. The van der Waals surface area contributed by atoms with Crippen LogP contribution in [0, 0.1) is 0 Å². The Balaban J connectivity index is 2.59. The fourth-order valence-corrected chi connectivity index (χ4v) is 2.08. The predicted octanol–water partition coefficient (Wildman–Crippen LogP) is 3.52. The summed E-state index contributed by atoms with van der Waals surface area (Å²) >= 11 is 0.577. The molecule has 1 heterocycles. The molecule has 0 atom stereocenters. The second-order valence-corrected chi connectivity index (χ2v) is 4.29. The van der Waals surface area contributed by atoms with E-state index in [1.54, 1.807) is 0 Å². The van der Waals surface area contributed by atoms with Crippen LogP contribution in [0.2, 0.25) is 0 Å². The number of hydrogen-bond acceptors (Lipinski definition) is 3. The fraction of sp³-hybridized carbons (Fsp3) is 0.200. The summed E-state index contributed by atoms with van der Waals surface area (Å²) in [6, 6.07) is 4.37. The zero-order valence-corrected chi connectivity index (χ0v) is 8.95. The SMILES string of the molecule is CC(=O)c1ccc2sc(C(F)(F)F)nc2c1. The molecule has 2 aromatic rings. The maximum absolute atomic E-state index is 12.4. The highest BCUT2D eigenvalue weighted by Crippen LogP contribution is 2.35. The Morgan fingerprint density at radius 2 is 2.06 bits per heavy atom. The molecule has 0 aliphatic heterocycles. The molecule has 1 aromatic carbocycles. The number of alkyl halides is 3. The molecule has 2 rings (SSSR count). The van der Waals surface area contributed by atoms with Crippen molar-refractivity contribution in [2.24, 2.45) is 0 Å². The van der Waals surface area contributed by atoms with Gasteiger partial charge in [-0.3, -0.25) is 4.79 Å². The molecule has 0 aliphatic rings. The highest BCUT2D eigenvalue weighted by Gasteiger charge is 2.34. The zero-order valence-electron chi connectivity index (χ0n) is 8.13. The quantitative estimate of drug-likeness (QED) is 0.719. The standard InChI is InChI=1S/C10H6F3NOS/c1-5(15)6-2-3-8-7(4-6)14-9(16-8)10(11,12)13/h2-4H,1H3. The normalized spacial score (nSPS) is 12.0. The van der Waals surface area contributed by atoms with Gasteiger partial charge in [0.2, 0.25) is 0 Å². The van der Waals surface area contributed by atoms with E-state index < -0.39 is 11.2 Å². The van der Waals surface area contributed by atoms with E-state index in [0.29, 0.717) is 21.6 Å². The first-order valence-corrected chi connectivity index (χ1v) is 5.18. The van der Waals surface area contributed by atoms with Crippen LogP contribution >= 0.6 is 11.3 Å². The van der Waals surface area contributed by atoms with Crippen LogP contribution in [0.15, 0.2) is 18.2 Å². The maximum Gasteiger partial charge on any atom is 0.443 e. The monoisotopic (exact) mass is 245 g/mol. The molecule has 1 aromatic heterocycles. The van der Waals surface area contributed by atoms with Crippen LogP contribution in [-0.4, -0.2) is 10.8 Å². The van der Waals surface area contributed by atoms with Crippen molar-refractivity contribution in [3.8, 4) is 0 Å². The third kappa shape index (κ3) is 1.92. The number of nitrogens with zero attached hydrogens (tertiary/aromatic N) is 1. The third-order valence-corrected chi connectivity index (χ3v) is 3.12. The first kappa shape index (κ1) is 11.1. The molecule has 0 radical (unpaired) electrons. The summed E-state index contributed by atoms with van der Waals surface area (Å²) in [7, 11) is 0. The number of rotatable bonds is 1. The van der Waals surface area contributed by atoms with E-state index in [9.17, 15) is 18.0 Å². The molecule has 0 saturated heterocycles. The number of Topliss-reactive ketones (excluding diaryl/α,β-unsaturated/α-hetero) is 1. The molecule has 0 aliphatic carbocycles. The van der Waals surface area contributed by atoms with E-state index in [1.807, 2.05) is 0 Å². The smallest absolute Gasteiger partial charge is 0.295 e. The lowest BCUT2D eigenvalue weighted by Gasteiger charge is -1.98. The van der Waals surface area contributed by atoms with Crippen molar-refractivity contribution in [1.29, 1.82) is 0 Å². The molecule has 2 nitrogen and oxygen atoms in total. The highest BCUT2D eigenvalue weighted by molar-refractivity contribution is 7.18. The molecule has 0 unspecified atom stereocenters. The van der Waals surface area contributed by atoms with Gasteiger partial charge >= 0.3 is 6.18 Å². The molecule has 0 amide bonds. The summed E-state index contributed by atoms with van der Waals surface area (Å²) in [5, 5.41) is -0.886. The van der Waals surface area contributed by atoms with Gasteiger partial charge in [0.25, 0.3) is 0 Å². The lowest BCUT2D eigenvalue weighted by molar-refractivity contribution is -0.137. The molecular weight excluding hydrogens is 239 g/mol. The van der Waals surface area contributed by atoms with Crippen LogP contribution in [0.5, 0.6) is 0 Å². The van der Waals surface area contributed by atoms with Crippen LogP contribution in [0.3, 0.4) is 0 Å². The maximum atomic E-state index is 12.4. The van der Waals surface area contributed by atoms with Gasteiger partial charge in [0, 0.05) is 5.56 Å². The van der Waals surface area contributed by atoms with Crippen molar-refractivity contribution in [3.63, 3.8) is 0 Å². The highest BCUT2D eigenvalue weighted by atomic mass is 32.1. The summed E-state index contributed by atoms with van der Waals surface area (Å²) in [4.78, 5) is 14.5. The number of hydrogen-bond donors (Lipinski definition) is 0. The first-order valence-electron chi connectivity index (χ1n) is 4.36. The van der Waals surface area contributed by atoms with E-state index in [1.165, 1.54) is 25.1 Å². The summed E-state index contributed by atoms with van der Waals surface area (Å²) in [6.07, 6.45) is -4.43. The molecule has 16 heavy (non-hydrogen) atoms. The number of carbonyl (C=O) groups is 1. The number of halogens is 3. The Morgan fingerprint density at radius 1 is 1.38 bits per heavy atom. The minimum atomic E-state index is -4.43. The van der Waals surface area contributed by atoms with Gasteiger partial charge < -0.3 is 0 Å². The van der Waals surface area contributed by atoms with Crippen LogP contribution in [0.4, 0.5) is 13.2 Å². The van der Waals surface area contributed by atoms with Crippen molar-refractivity contribution in [2.45, 2.75) is 13.1 Å². The van der Waals surface area contributed by atoms with Gasteiger partial charge in [-0.25, -0.2) is 4.98 Å². The van der Waals surface area contributed by atoms with Crippen molar-refractivity contribution in [3.05, 3.63) is 28.8 Å². The number of thiazole rings is 1. The van der Waals surface area contributed by atoms with Gasteiger partial charge in [-0.1, -0.05) is 0 Å². The Hall–Kier alpha value is -1.43. The Morgan fingerprint density at radius 3 is 2.62 bits per heavy atom. The topological polar surface area (TPSA) is 30.0 Å². The molecule has 0 N–H and O–H groups in total. The van der Waals surface area contributed by atoms with Crippen molar-refractivity contribution >= 4 is 27.3 Å². The lowest BCUT2D eigenvalue weighted by atomic mass is 10.1. The van der Waals surface area contributed by atoms with Crippen LogP contribution in [0.25, 0.3) is 10.2 Å². The fourth-order valence-electron chi connectivity index (χ4n) is 1.27. The number of carbonyl (C=O) groups excluding carboxylic acids is 1. The van der Waals surface area contributed by atoms with E-state index >= 15 is 0 Å². The minimum absolute atomic E-state index is 0.191. The van der Waals surface area contributed by atoms with Crippen LogP contribution in [0.1, 0.15) is 22.3 Å². The van der Waals surface area contributed by atoms with Gasteiger partial charge in [0.15, 0.2) is 10.8 Å². The van der Waals surface area contributed by atoms with Crippen LogP contribution in [-0.2, 0) is 6.18 Å². The summed E-state index contributed by atoms with van der Waals surface area (Å²) < 4.78 is 37.5. The van der Waals surface area contributed by atoms with E-state index in [2.05, 4.69) is 4.98 Å². The van der Waals surface area contributed by atoms with Gasteiger partial charge in [0.1, 0.15) is 0 Å². The van der Waals surface area contributed by atoms with Crippen LogP contribution < -0.4 is 0 Å². The molecule has 0 bridgehead atoms.